The standard InChI is InChI=1S/C17H33N3/c1-18-17(8-4-2-5-9-17)10-12-19-13-14-20-11-6-3-7-16(20)15-19/h16,18H,2-15H2,1H3. The summed E-state index contributed by atoms with van der Waals surface area (Å²) in [5, 5.41) is 3.68. The third kappa shape index (κ3) is 3.37. The van der Waals surface area contributed by atoms with Crippen LogP contribution in [0.1, 0.15) is 57.8 Å². The average molecular weight is 279 g/mol. The van der Waals surface area contributed by atoms with Crippen molar-refractivity contribution in [1.29, 1.82) is 0 Å². The van der Waals surface area contributed by atoms with Crippen molar-refractivity contribution in [2.24, 2.45) is 0 Å². The monoisotopic (exact) mass is 279 g/mol. The summed E-state index contributed by atoms with van der Waals surface area (Å²) in [5.41, 5.74) is 0.460. The molecule has 1 unspecified atom stereocenters. The van der Waals surface area contributed by atoms with Crippen LogP contribution in [0.15, 0.2) is 0 Å². The molecule has 1 aliphatic carbocycles. The molecule has 3 fully saturated rings. The molecule has 0 amide bonds. The van der Waals surface area contributed by atoms with Gasteiger partial charge in [0.05, 0.1) is 0 Å². The normalized spacial score (nSPS) is 31.9. The first-order valence-corrected chi connectivity index (χ1v) is 8.97. The van der Waals surface area contributed by atoms with Crippen molar-refractivity contribution in [2.75, 3.05) is 39.8 Å². The van der Waals surface area contributed by atoms with E-state index < -0.39 is 0 Å². The van der Waals surface area contributed by atoms with Crippen molar-refractivity contribution in [3.8, 4) is 0 Å². The van der Waals surface area contributed by atoms with Gasteiger partial charge >= 0.3 is 0 Å². The summed E-state index contributed by atoms with van der Waals surface area (Å²) >= 11 is 0. The van der Waals surface area contributed by atoms with Crippen molar-refractivity contribution < 1.29 is 0 Å². The van der Waals surface area contributed by atoms with Gasteiger partial charge < -0.3 is 10.2 Å². The van der Waals surface area contributed by atoms with Crippen LogP contribution in [0.4, 0.5) is 0 Å². The number of hydrogen-bond acceptors (Lipinski definition) is 3. The molecule has 0 aromatic carbocycles. The van der Waals surface area contributed by atoms with Gasteiger partial charge in [-0.1, -0.05) is 25.7 Å². The lowest BCUT2D eigenvalue weighted by atomic mass is 9.79. The van der Waals surface area contributed by atoms with Crippen molar-refractivity contribution in [1.82, 2.24) is 15.1 Å². The summed E-state index contributed by atoms with van der Waals surface area (Å²) in [6.07, 6.45) is 12.8. The molecule has 0 aromatic rings. The molecule has 0 aromatic heterocycles. The van der Waals surface area contributed by atoms with E-state index in [-0.39, 0.29) is 0 Å². The highest BCUT2D eigenvalue weighted by atomic mass is 15.3. The van der Waals surface area contributed by atoms with Crippen LogP contribution in [0.25, 0.3) is 0 Å². The van der Waals surface area contributed by atoms with E-state index in [9.17, 15) is 0 Å². The summed E-state index contributed by atoms with van der Waals surface area (Å²) in [5.74, 6) is 0. The number of rotatable bonds is 4. The van der Waals surface area contributed by atoms with Gasteiger partial charge in [-0.05, 0) is 45.7 Å². The van der Waals surface area contributed by atoms with Crippen molar-refractivity contribution >= 4 is 0 Å². The van der Waals surface area contributed by atoms with E-state index in [1.165, 1.54) is 90.5 Å². The van der Waals surface area contributed by atoms with E-state index in [1.54, 1.807) is 0 Å². The zero-order chi connectivity index (χ0) is 13.8. The summed E-state index contributed by atoms with van der Waals surface area (Å²) in [4.78, 5) is 5.49. The van der Waals surface area contributed by atoms with Crippen LogP contribution in [0.3, 0.4) is 0 Å². The Hall–Kier alpha value is -0.120. The average Bonchev–Trinajstić information content (AvgIpc) is 2.54. The molecule has 0 spiro atoms. The van der Waals surface area contributed by atoms with Gasteiger partial charge in [-0.2, -0.15) is 0 Å². The number of fused-ring (bicyclic) bond motifs is 1. The Kier molecular flexibility index (Phi) is 5.00. The van der Waals surface area contributed by atoms with Crippen LogP contribution in [-0.4, -0.2) is 61.2 Å². The summed E-state index contributed by atoms with van der Waals surface area (Å²) < 4.78 is 0. The van der Waals surface area contributed by atoms with Gasteiger partial charge in [0.25, 0.3) is 0 Å². The largest absolute Gasteiger partial charge is 0.314 e. The second-order valence-electron chi connectivity index (χ2n) is 7.33. The van der Waals surface area contributed by atoms with Gasteiger partial charge in [0.15, 0.2) is 0 Å². The number of piperidine rings is 1. The predicted octanol–water partition coefficient (Wildman–Crippen LogP) is 2.47. The SMILES string of the molecule is CNC1(CCN2CCN3CCCCC3C2)CCCCC1. The Morgan fingerprint density at radius 2 is 1.85 bits per heavy atom. The topological polar surface area (TPSA) is 18.5 Å². The molecule has 0 bridgehead atoms. The van der Waals surface area contributed by atoms with Gasteiger partial charge in [0, 0.05) is 37.8 Å². The second kappa shape index (κ2) is 6.76. The van der Waals surface area contributed by atoms with Gasteiger partial charge in [-0.3, -0.25) is 4.90 Å². The lowest BCUT2D eigenvalue weighted by molar-refractivity contribution is 0.0428. The molecule has 20 heavy (non-hydrogen) atoms. The van der Waals surface area contributed by atoms with Crippen LogP contribution < -0.4 is 5.32 Å². The minimum absolute atomic E-state index is 0.460. The van der Waals surface area contributed by atoms with E-state index in [0.29, 0.717) is 5.54 Å². The van der Waals surface area contributed by atoms with Crippen molar-refractivity contribution in [3.05, 3.63) is 0 Å². The van der Waals surface area contributed by atoms with E-state index >= 15 is 0 Å². The van der Waals surface area contributed by atoms with Gasteiger partial charge in [0.1, 0.15) is 0 Å². The highest BCUT2D eigenvalue weighted by Gasteiger charge is 2.33. The first-order valence-electron chi connectivity index (χ1n) is 8.97. The van der Waals surface area contributed by atoms with Gasteiger partial charge in [-0.25, -0.2) is 0 Å². The van der Waals surface area contributed by atoms with Gasteiger partial charge in [-0.15, -0.1) is 0 Å². The van der Waals surface area contributed by atoms with Crippen LogP contribution in [0.5, 0.6) is 0 Å². The second-order valence-corrected chi connectivity index (χ2v) is 7.33. The highest BCUT2D eigenvalue weighted by molar-refractivity contribution is 4.92. The van der Waals surface area contributed by atoms with E-state index in [2.05, 4.69) is 22.2 Å². The summed E-state index contributed by atoms with van der Waals surface area (Å²) in [6, 6.07) is 0.870. The summed E-state index contributed by atoms with van der Waals surface area (Å²) in [7, 11) is 2.18. The molecule has 3 nitrogen and oxygen atoms in total. The smallest absolute Gasteiger partial charge is 0.0223 e. The van der Waals surface area contributed by atoms with Crippen LogP contribution in [0, 0.1) is 0 Å². The van der Waals surface area contributed by atoms with Crippen LogP contribution >= 0.6 is 0 Å². The fourth-order valence-electron chi connectivity index (χ4n) is 4.65. The molecule has 0 radical (unpaired) electrons. The molecule has 1 saturated carbocycles. The lowest BCUT2D eigenvalue weighted by Gasteiger charge is -2.45. The molecule has 3 rings (SSSR count). The maximum absolute atomic E-state index is 3.68. The molecule has 3 heteroatoms. The molecule has 2 aliphatic heterocycles. The molecule has 1 atom stereocenters. The van der Waals surface area contributed by atoms with E-state index in [4.69, 9.17) is 0 Å². The van der Waals surface area contributed by atoms with E-state index in [1.807, 2.05) is 0 Å². The zero-order valence-corrected chi connectivity index (χ0v) is 13.4. The highest BCUT2D eigenvalue weighted by Crippen LogP contribution is 2.31. The zero-order valence-electron chi connectivity index (χ0n) is 13.4. The fourth-order valence-corrected chi connectivity index (χ4v) is 4.65. The molecule has 116 valence electrons. The fraction of sp³-hybridized carbons (Fsp3) is 1.00. The Morgan fingerprint density at radius 3 is 2.65 bits per heavy atom. The number of nitrogens with zero attached hydrogens (tertiary/aromatic N) is 2. The Morgan fingerprint density at radius 1 is 1.00 bits per heavy atom. The number of nitrogens with one attached hydrogen (secondary N) is 1. The van der Waals surface area contributed by atoms with Crippen molar-refractivity contribution in [2.45, 2.75) is 69.4 Å². The third-order valence-electron chi connectivity index (χ3n) is 6.17. The quantitative estimate of drug-likeness (QED) is 0.853. The Balaban J connectivity index is 1.48. The maximum Gasteiger partial charge on any atom is 0.0223 e. The van der Waals surface area contributed by atoms with Crippen LogP contribution in [0.2, 0.25) is 0 Å². The number of piperazine rings is 1. The summed E-state index contributed by atoms with van der Waals surface area (Å²) in [6.45, 7) is 6.62. The van der Waals surface area contributed by atoms with Gasteiger partial charge in [0.2, 0.25) is 0 Å². The predicted molar refractivity (Wildman–Crippen MR) is 85.1 cm³/mol. The first-order chi connectivity index (χ1) is 9.81. The van der Waals surface area contributed by atoms with Crippen LogP contribution in [-0.2, 0) is 0 Å². The third-order valence-corrected chi connectivity index (χ3v) is 6.17. The molecule has 1 N–H and O–H groups in total. The molecular weight excluding hydrogens is 246 g/mol. The molecule has 3 aliphatic rings. The molecular formula is C17H33N3. The van der Waals surface area contributed by atoms with E-state index in [0.717, 1.165) is 6.04 Å². The molecule has 2 saturated heterocycles. The van der Waals surface area contributed by atoms with Crippen molar-refractivity contribution in [3.63, 3.8) is 0 Å². The minimum Gasteiger partial charge on any atom is -0.314 e. The molecule has 2 heterocycles. The Bertz CT molecular complexity index is 299. The lowest BCUT2D eigenvalue weighted by Crippen LogP contribution is -2.56. The minimum atomic E-state index is 0.460. The number of hydrogen-bond donors (Lipinski definition) is 1. The first kappa shape index (κ1) is 14.8. The maximum atomic E-state index is 3.68. The Labute approximate surface area is 125 Å².